The number of sulfone groups is 1. The Kier molecular flexibility index (Phi) is 5.83. The van der Waals surface area contributed by atoms with E-state index >= 15 is 0 Å². The number of hydrogen-bond acceptors (Lipinski definition) is 4. The Morgan fingerprint density at radius 1 is 1.41 bits per heavy atom. The van der Waals surface area contributed by atoms with Gasteiger partial charge in [-0.25, -0.2) is 8.42 Å². The zero-order valence-corrected chi connectivity index (χ0v) is 11.1. The smallest absolute Gasteiger partial charge is 0.175 e. The first-order chi connectivity index (χ1) is 7.72. The van der Waals surface area contributed by atoms with Crippen molar-refractivity contribution >= 4 is 15.6 Å². The van der Waals surface area contributed by atoms with Gasteiger partial charge in [0.15, 0.2) is 15.6 Å². The third-order valence-electron chi connectivity index (χ3n) is 2.31. The van der Waals surface area contributed by atoms with Crippen LogP contribution in [-0.2, 0) is 14.6 Å². The van der Waals surface area contributed by atoms with E-state index in [1.165, 1.54) is 6.08 Å². The van der Waals surface area contributed by atoms with Gasteiger partial charge in [-0.1, -0.05) is 19.6 Å². The number of allylic oxidation sites excluding steroid dienone is 2. The van der Waals surface area contributed by atoms with Crippen LogP contribution in [0.1, 0.15) is 27.2 Å². The van der Waals surface area contributed by atoms with Crippen LogP contribution < -0.4 is 0 Å². The van der Waals surface area contributed by atoms with Crippen LogP contribution in [0.2, 0.25) is 0 Å². The van der Waals surface area contributed by atoms with Crippen LogP contribution in [0, 0.1) is 17.2 Å². The SMILES string of the molecule is C=C(C#N)C(=O)C(C)C/C=C\S(=O)(=O)C(C)C. The minimum absolute atomic E-state index is 0.0994. The van der Waals surface area contributed by atoms with Crippen molar-refractivity contribution in [3.05, 3.63) is 23.6 Å². The van der Waals surface area contributed by atoms with Crippen molar-refractivity contribution in [2.75, 3.05) is 0 Å². The van der Waals surface area contributed by atoms with Crippen molar-refractivity contribution in [2.24, 2.45) is 5.92 Å². The second kappa shape index (κ2) is 6.36. The quantitative estimate of drug-likeness (QED) is 0.537. The molecular formula is C12H17NO3S. The lowest BCUT2D eigenvalue weighted by Gasteiger charge is -2.06. The first kappa shape index (κ1) is 15.6. The molecule has 0 rings (SSSR count). The zero-order valence-electron chi connectivity index (χ0n) is 10.3. The van der Waals surface area contributed by atoms with Gasteiger partial charge < -0.3 is 0 Å². The van der Waals surface area contributed by atoms with E-state index in [0.29, 0.717) is 0 Å². The third-order valence-corrected chi connectivity index (χ3v) is 4.20. The molecule has 0 amide bonds. The lowest BCUT2D eigenvalue weighted by atomic mass is 9.98. The van der Waals surface area contributed by atoms with E-state index in [9.17, 15) is 13.2 Å². The highest BCUT2D eigenvalue weighted by molar-refractivity contribution is 7.94. The summed E-state index contributed by atoms with van der Waals surface area (Å²) >= 11 is 0. The highest BCUT2D eigenvalue weighted by Crippen LogP contribution is 2.11. The number of ketones is 1. The molecule has 0 heterocycles. The molecule has 0 aliphatic carbocycles. The molecule has 1 unspecified atom stereocenters. The van der Waals surface area contributed by atoms with Gasteiger partial charge >= 0.3 is 0 Å². The van der Waals surface area contributed by atoms with E-state index in [4.69, 9.17) is 5.26 Å². The Morgan fingerprint density at radius 2 is 1.94 bits per heavy atom. The Morgan fingerprint density at radius 3 is 2.35 bits per heavy atom. The maximum absolute atomic E-state index is 11.5. The minimum atomic E-state index is -3.22. The van der Waals surface area contributed by atoms with E-state index in [2.05, 4.69) is 6.58 Å². The normalized spacial score (nSPS) is 13.6. The summed E-state index contributed by atoms with van der Waals surface area (Å²) in [5.74, 6) is -0.778. The molecule has 0 N–H and O–H groups in total. The molecule has 0 fully saturated rings. The Labute approximate surface area is 103 Å². The van der Waals surface area contributed by atoms with Crippen LogP contribution in [0.5, 0.6) is 0 Å². The van der Waals surface area contributed by atoms with Crippen LogP contribution in [0.3, 0.4) is 0 Å². The van der Waals surface area contributed by atoms with Gasteiger partial charge in [0.1, 0.15) is 6.07 Å². The summed E-state index contributed by atoms with van der Waals surface area (Å²) in [5, 5.41) is 9.15. The van der Waals surface area contributed by atoms with Crippen LogP contribution in [-0.4, -0.2) is 19.5 Å². The first-order valence-corrected chi connectivity index (χ1v) is 6.87. The topological polar surface area (TPSA) is 75.0 Å². The van der Waals surface area contributed by atoms with Crippen molar-refractivity contribution in [1.82, 2.24) is 0 Å². The highest BCUT2D eigenvalue weighted by Gasteiger charge is 2.16. The molecule has 0 saturated carbocycles. The zero-order chi connectivity index (χ0) is 13.6. The first-order valence-electron chi connectivity index (χ1n) is 5.26. The fourth-order valence-electron chi connectivity index (χ4n) is 1.01. The van der Waals surface area contributed by atoms with E-state index < -0.39 is 21.0 Å². The van der Waals surface area contributed by atoms with Crippen LogP contribution in [0.4, 0.5) is 0 Å². The number of nitrogens with zero attached hydrogens (tertiary/aromatic N) is 1. The average molecular weight is 255 g/mol. The molecule has 0 spiro atoms. The van der Waals surface area contributed by atoms with Gasteiger partial charge in [-0.2, -0.15) is 5.26 Å². The van der Waals surface area contributed by atoms with E-state index in [1.54, 1.807) is 26.8 Å². The predicted molar refractivity (Wildman–Crippen MR) is 66.7 cm³/mol. The molecule has 94 valence electrons. The highest BCUT2D eigenvalue weighted by atomic mass is 32.2. The summed E-state index contributed by atoms with van der Waals surface area (Å²) < 4.78 is 22.9. The fourth-order valence-corrected chi connectivity index (χ4v) is 1.70. The van der Waals surface area contributed by atoms with E-state index in [-0.39, 0.29) is 17.8 Å². The molecule has 0 aromatic carbocycles. The molecule has 0 radical (unpaired) electrons. The van der Waals surface area contributed by atoms with E-state index in [1.807, 2.05) is 0 Å². The Bertz CT molecular complexity index is 466. The molecular weight excluding hydrogens is 238 g/mol. The number of hydrogen-bond donors (Lipinski definition) is 0. The van der Waals surface area contributed by atoms with E-state index in [0.717, 1.165) is 5.41 Å². The molecule has 1 atom stereocenters. The summed E-state index contributed by atoms with van der Waals surface area (Å²) in [5.41, 5.74) is -0.0994. The fraction of sp³-hybridized carbons (Fsp3) is 0.500. The Balaban J connectivity index is 4.52. The molecule has 0 saturated heterocycles. The van der Waals surface area contributed by atoms with Gasteiger partial charge in [0, 0.05) is 11.3 Å². The lowest BCUT2D eigenvalue weighted by Crippen LogP contribution is -2.12. The van der Waals surface area contributed by atoms with Crippen molar-refractivity contribution < 1.29 is 13.2 Å². The second-order valence-electron chi connectivity index (χ2n) is 4.10. The predicted octanol–water partition coefficient (Wildman–Crippen LogP) is 2.00. The van der Waals surface area contributed by atoms with Crippen molar-refractivity contribution in [1.29, 1.82) is 5.26 Å². The maximum Gasteiger partial charge on any atom is 0.175 e. The molecule has 17 heavy (non-hydrogen) atoms. The van der Waals surface area contributed by atoms with Crippen molar-refractivity contribution in [3.63, 3.8) is 0 Å². The van der Waals surface area contributed by atoms with Crippen LogP contribution in [0.25, 0.3) is 0 Å². The summed E-state index contributed by atoms with van der Waals surface area (Å²) in [6.07, 6.45) is 1.73. The van der Waals surface area contributed by atoms with Gasteiger partial charge in [-0.05, 0) is 20.3 Å². The van der Waals surface area contributed by atoms with Gasteiger partial charge in [-0.15, -0.1) is 0 Å². The van der Waals surface area contributed by atoms with Gasteiger partial charge in [0.05, 0.1) is 10.8 Å². The molecule has 0 aliphatic heterocycles. The number of carbonyl (C=O) groups is 1. The Hall–Kier alpha value is -1.41. The van der Waals surface area contributed by atoms with Crippen molar-refractivity contribution in [3.8, 4) is 6.07 Å². The van der Waals surface area contributed by atoms with Crippen LogP contribution in [0.15, 0.2) is 23.6 Å². The minimum Gasteiger partial charge on any atom is -0.293 e. The molecule has 4 nitrogen and oxygen atoms in total. The number of nitriles is 1. The number of rotatable bonds is 6. The third kappa shape index (κ3) is 4.96. The van der Waals surface area contributed by atoms with Gasteiger partial charge in [0.25, 0.3) is 0 Å². The molecule has 0 aliphatic rings. The molecule has 0 aromatic rings. The largest absolute Gasteiger partial charge is 0.293 e. The summed E-state index contributed by atoms with van der Waals surface area (Å²) in [7, 11) is -3.22. The second-order valence-corrected chi connectivity index (χ2v) is 6.49. The van der Waals surface area contributed by atoms with Crippen LogP contribution >= 0.6 is 0 Å². The van der Waals surface area contributed by atoms with Gasteiger partial charge in [-0.3, -0.25) is 4.79 Å². The maximum atomic E-state index is 11.5. The van der Waals surface area contributed by atoms with Gasteiger partial charge in [0.2, 0.25) is 0 Å². The summed E-state index contributed by atoms with van der Waals surface area (Å²) in [4.78, 5) is 11.5. The monoisotopic (exact) mass is 255 g/mol. The summed E-state index contributed by atoms with van der Waals surface area (Å²) in [6, 6.07) is 1.68. The molecule has 0 aromatic heterocycles. The molecule has 5 heteroatoms. The number of carbonyl (C=O) groups excluding carboxylic acids is 1. The number of Topliss-reactive ketones (excluding diaryl/α,β-unsaturated/α-hetero) is 1. The standard InChI is InChI=1S/C12H17NO3S/c1-9(2)17(15,16)7-5-6-10(3)12(14)11(4)8-13/h5,7,9-10H,4,6H2,1-3H3/b7-5-. The molecule has 0 bridgehead atoms. The van der Waals surface area contributed by atoms with Crippen molar-refractivity contribution in [2.45, 2.75) is 32.4 Å². The lowest BCUT2D eigenvalue weighted by molar-refractivity contribution is -0.118. The average Bonchev–Trinajstić information content (AvgIpc) is 2.26. The summed E-state index contributed by atoms with van der Waals surface area (Å²) in [6.45, 7) is 8.14.